The summed E-state index contributed by atoms with van der Waals surface area (Å²) in [4.78, 5) is 0. The van der Waals surface area contributed by atoms with Gasteiger partial charge in [0.05, 0.1) is 20.8 Å². The predicted octanol–water partition coefficient (Wildman–Crippen LogP) is 2.83. The molecule has 4 nitrogen and oxygen atoms in total. The highest BCUT2D eigenvalue weighted by molar-refractivity contribution is 5.39. The fraction of sp³-hybridized carbons (Fsp3) is 0.294. The minimum atomic E-state index is 0.102. The van der Waals surface area contributed by atoms with E-state index in [2.05, 4.69) is 0 Å². The van der Waals surface area contributed by atoms with Crippen LogP contribution in [0.2, 0.25) is 0 Å². The summed E-state index contributed by atoms with van der Waals surface area (Å²) in [7, 11) is 3.28. The van der Waals surface area contributed by atoms with Gasteiger partial charge >= 0.3 is 0 Å². The Hall–Kier alpha value is -2.20. The largest absolute Gasteiger partial charge is 0.497 e. The van der Waals surface area contributed by atoms with Gasteiger partial charge in [-0.05, 0) is 29.8 Å². The van der Waals surface area contributed by atoms with Gasteiger partial charge in [0.25, 0.3) is 0 Å². The molecular formula is C17H21NO3. The van der Waals surface area contributed by atoms with Crippen LogP contribution in [0.25, 0.3) is 0 Å². The summed E-state index contributed by atoms with van der Waals surface area (Å²) < 4.78 is 16.4. The SMILES string of the molecule is COc1cccc(C(CN)COc2ccccc2OC)c1. The Morgan fingerprint density at radius 3 is 2.38 bits per heavy atom. The number of para-hydroxylation sites is 2. The Bertz CT molecular complexity index is 571. The Labute approximate surface area is 125 Å². The molecule has 2 aromatic rings. The van der Waals surface area contributed by atoms with Gasteiger partial charge in [-0.15, -0.1) is 0 Å². The van der Waals surface area contributed by atoms with Gasteiger partial charge in [-0.2, -0.15) is 0 Å². The summed E-state index contributed by atoms with van der Waals surface area (Å²) in [5, 5.41) is 0. The fourth-order valence-corrected chi connectivity index (χ4v) is 2.12. The highest BCUT2D eigenvalue weighted by atomic mass is 16.5. The molecule has 0 saturated heterocycles. The first kappa shape index (κ1) is 15.2. The van der Waals surface area contributed by atoms with Crippen molar-refractivity contribution in [3.63, 3.8) is 0 Å². The summed E-state index contributed by atoms with van der Waals surface area (Å²) in [6.45, 7) is 0.992. The van der Waals surface area contributed by atoms with Gasteiger partial charge in [-0.25, -0.2) is 0 Å². The lowest BCUT2D eigenvalue weighted by atomic mass is 10.00. The quantitative estimate of drug-likeness (QED) is 0.851. The van der Waals surface area contributed by atoms with Crippen molar-refractivity contribution < 1.29 is 14.2 Å². The molecule has 0 aliphatic rings. The maximum Gasteiger partial charge on any atom is 0.161 e. The second-order valence-electron chi connectivity index (χ2n) is 4.67. The average molecular weight is 287 g/mol. The third-order valence-electron chi connectivity index (χ3n) is 3.36. The van der Waals surface area contributed by atoms with E-state index in [4.69, 9.17) is 19.9 Å². The van der Waals surface area contributed by atoms with Gasteiger partial charge in [0.1, 0.15) is 5.75 Å². The van der Waals surface area contributed by atoms with E-state index in [1.165, 1.54) is 0 Å². The Kier molecular flexibility index (Phi) is 5.46. The minimum Gasteiger partial charge on any atom is -0.497 e. The minimum absolute atomic E-state index is 0.102. The summed E-state index contributed by atoms with van der Waals surface area (Å²) in [6.07, 6.45) is 0. The van der Waals surface area contributed by atoms with Gasteiger partial charge in [0.15, 0.2) is 11.5 Å². The summed E-state index contributed by atoms with van der Waals surface area (Å²) in [6, 6.07) is 15.5. The normalized spacial score (nSPS) is 11.8. The van der Waals surface area contributed by atoms with E-state index < -0.39 is 0 Å². The zero-order chi connectivity index (χ0) is 15.1. The van der Waals surface area contributed by atoms with Gasteiger partial charge in [0.2, 0.25) is 0 Å². The van der Waals surface area contributed by atoms with E-state index in [1.54, 1.807) is 14.2 Å². The van der Waals surface area contributed by atoms with Crippen LogP contribution in [0.15, 0.2) is 48.5 Å². The van der Waals surface area contributed by atoms with Crippen LogP contribution < -0.4 is 19.9 Å². The molecule has 2 aromatic carbocycles. The van der Waals surface area contributed by atoms with Crippen molar-refractivity contribution in [2.75, 3.05) is 27.4 Å². The third-order valence-corrected chi connectivity index (χ3v) is 3.36. The number of methoxy groups -OCH3 is 2. The highest BCUT2D eigenvalue weighted by Crippen LogP contribution is 2.28. The first-order chi connectivity index (χ1) is 10.3. The fourth-order valence-electron chi connectivity index (χ4n) is 2.12. The average Bonchev–Trinajstić information content (AvgIpc) is 2.56. The van der Waals surface area contributed by atoms with Crippen molar-refractivity contribution in [3.8, 4) is 17.2 Å². The molecule has 21 heavy (non-hydrogen) atoms. The molecule has 4 heteroatoms. The molecule has 0 heterocycles. The van der Waals surface area contributed by atoms with Crippen molar-refractivity contribution in [1.29, 1.82) is 0 Å². The Morgan fingerprint density at radius 2 is 1.71 bits per heavy atom. The van der Waals surface area contributed by atoms with Crippen molar-refractivity contribution in [1.82, 2.24) is 0 Å². The Balaban J connectivity index is 2.08. The zero-order valence-electron chi connectivity index (χ0n) is 12.4. The first-order valence-electron chi connectivity index (χ1n) is 6.88. The number of nitrogens with two attached hydrogens (primary N) is 1. The molecule has 0 spiro atoms. The van der Waals surface area contributed by atoms with Crippen LogP contribution in [-0.2, 0) is 0 Å². The van der Waals surface area contributed by atoms with E-state index in [0.717, 1.165) is 22.8 Å². The van der Waals surface area contributed by atoms with Crippen LogP contribution in [-0.4, -0.2) is 27.4 Å². The van der Waals surface area contributed by atoms with E-state index in [1.807, 2.05) is 48.5 Å². The maximum atomic E-state index is 5.88. The number of rotatable bonds is 7. The van der Waals surface area contributed by atoms with Gasteiger partial charge < -0.3 is 19.9 Å². The maximum absolute atomic E-state index is 5.88. The van der Waals surface area contributed by atoms with Gasteiger partial charge in [0, 0.05) is 12.5 Å². The molecule has 0 bridgehead atoms. The molecule has 1 atom stereocenters. The molecule has 0 saturated carbocycles. The Morgan fingerprint density at radius 1 is 0.952 bits per heavy atom. The van der Waals surface area contributed by atoms with Crippen LogP contribution >= 0.6 is 0 Å². The van der Waals surface area contributed by atoms with Crippen molar-refractivity contribution in [3.05, 3.63) is 54.1 Å². The van der Waals surface area contributed by atoms with Crippen molar-refractivity contribution >= 4 is 0 Å². The smallest absolute Gasteiger partial charge is 0.161 e. The molecule has 1 unspecified atom stereocenters. The van der Waals surface area contributed by atoms with Crippen molar-refractivity contribution in [2.45, 2.75) is 5.92 Å². The van der Waals surface area contributed by atoms with E-state index in [-0.39, 0.29) is 5.92 Å². The van der Waals surface area contributed by atoms with Crippen molar-refractivity contribution in [2.24, 2.45) is 5.73 Å². The molecule has 0 aliphatic carbocycles. The summed E-state index contributed by atoms with van der Waals surface area (Å²) >= 11 is 0. The zero-order valence-corrected chi connectivity index (χ0v) is 12.4. The first-order valence-corrected chi connectivity index (χ1v) is 6.88. The third kappa shape index (κ3) is 3.89. The summed E-state index contributed by atoms with van der Waals surface area (Å²) in [5.74, 6) is 2.37. The molecule has 0 radical (unpaired) electrons. The second-order valence-corrected chi connectivity index (χ2v) is 4.67. The molecule has 112 valence electrons. The molecule has 2 rings (SSSR count). The van der Waals surface area contributed by atoms with Crippen LogP contribution in [0.3, 0.4) is 0 Å². The van der Waals surface area contributed by atoms with Crippen LogP contribution in [0.5, 0.6) is 17.2 Å². The number of hydrogen-bond donors (Lipinski definition) is 1. The van der Waals surface area contributed by atoms with E-state index in [0.29, 0.717) is 13.2 Å². The number of hydrogen-bond acceptors (Lipinski definition) is 4. The summed E-state index contributed by atoms with van der Waals surface area (Å²) in [5.41, 5.74) is 6.98. The molecule has 0 aliphatic heterocycles. The lowest BCUT2D eigenvalue weighted by Gasteiger charge is -2.18. The molecular weight excluding hydrogens is 266 g/mol. The second kappa shape index (κ2) is 7.55. The molecule has 0 aromatic heterocycles. The van der Waals surface area contributed by atoms with Gasteiger partial charge in [-0.1, -0.05) is 24.3 Å². The highest BCUT2D eigenvalue weighted by Gasteiger charge is 2.13. The standard InChI is InChI=1S/C17H21NO3/c1-19-15-7-5-6-13(10-15)14(11-18)12-21-17-9-4-3-8-16(17)20-2/h3-10,14H,11-12,18H2,1-2H3. The monoisotopic (exact) mass is 287 g/mol. The predicted molar refractivity (Wildman–Crippen MR) is 83.3 cm³/mol. The molecule has 0 amide bonds. The number of benzene rings is 2. The van der Waals surface area contributed by atoms with Crippen LogP contribution in [0.4, 0.5) is 0 Å². The van der Waals surface area contributed by atoms with Gasteiger partial charge in [-0.3, -0.25) is 0 Å². The van der Waals surface area contributed by atoms with E-state index >= 15 is 0 Å². The number of ether oxygens (including phenoxy) is 3. The van der Waals surface area contributed by atoms with Crippen LogP contribution in [0.1, 0.15) is 11.5 Å². The lowest BCUT2D eigenvalue weighted by molar-refractivity contribution is 0.273. The topological polar surface area (TPSA) is 53.7 Å². The van der Waals surface area contributed by atoms with Crippen LogP contribution in [0, 0.1) is 0 Å². The molecule has 0 fully saturated rings. The lowest BCUT2D eigenvalue weighted by Crippen LogP contribution is -2.19. The molecule has 2 N–H and O–H groups in total. The van der Waals surface area contributed by atoms with E-state index in [9.17, 15) is 0 Å².